The molecule has 1 N–H and O–H groups in total. The van der Waals surface area contributed by atoms with E-state index in [1.54, 1.807) is 30.3 Å². The number of benzene rings is 2. The van der Waals surface area contributed by atoms with Crippen molar-refractivity contribution in [1.29, 1.82) is 0 Å². The van der Waals surface area contributed by atoms with Crippen LogP contribution in [-0.4, -0.2) is 22.5 Å². The van der Waals surface area contributed by atoms with Gasteiger partial charge < -0.3 is 4.90 Å². The molecule has 0 fully saturated rings. The number of anilines is 2. The Hall–Kier alpha value is -1.72. The van der Waals surface area contributed by atoms with Crippen molar-refractivity contribution >= 4 is 33.0 Å². The fourth-order valence-electron chi connectivity index (χ4n) is 2.09. The van der Waals surface area contributed by atoms with Gasteiger partial charge in [0.05, 0.1) is 16.3 Å². The van der Waals surface area contributed by atoms with Gasteiger partial charge in [-0.1, -0.05) is 30.7 Å². The zero-order chi connectivity index (χ0) is 16.3. The summed E-state index contributed by atoms with van der Waals surface area (Å²) in [6.07, 6.45) is 0.868. The number of rotatable bonds is 5. The van der Waals surface area contributed by atoms with Crippen LogP contribution in [0.1, 0.15) is 12.5 Å². The topological polar surface area (TPSA) is 49.4 Å². The van der Waals surface area contributed by atoms with Crippen molar-refractivity contribution in [2.24, 2.45) is 0 Å². The first-order valence-corrected chi connectivity index (χ1v) is 8.78. The number of aryl methyl sites for hydroxylation is 1. The maximum absolute atomic E-state index is 12.5. The van der Waals surface area contributed by atoms with Crippen molar-refractivity contribution in [2.45, 2.75) is 18.2 Å². The fourth-order valence-corrected chi connectivity index (χ4v) is 3.33. The van der Waals surface area contributed by atoms with Gasteiger partial charge in [0.25, 0.3) is 10.0 Å². The lowest BCUT2D eigenvalue weighted by atomic mass is 10.2. The molecule has 118 valence electrons. The fraction of sp³-hybridized carbons (Fsp3) is 0.250. The quantitative estimate of drug-likeness (QED) is 0.902. The van der Waals surface area contributed by atoms with Crippen LogP contribution >= 0.6 is 11.6 Å². The summed E-state index contributed by atoms with van der Waals surface area (Å²) in [4.78, 5) is 2.06. The van der Waals surface area contributed by atoms with Crippen LogP contribution in [-0.2, 0) is 16.4 Å². The monoisotopic (exact) mass is 338 g/mol. The van der Waals surface area contributed by atoms with Crippen LogP contribution in [0.4, 0.5) is 11.4 Å². The largest absolute Gasteiger partial charge is 0.376 e. The Balaban J connectivity index is 2.37. The zero-order valence-corrected chi connectivity index (χ0v) is 14.4. The highest BCUT2D eigenvalue weighted by atomic mass is 35.5. The van der Waals surface area contributed by atoms with Gasteiger partial charge in [0.15, 0.2) is 0 Å². The second-order valence-electron chi connectivity index (χ2n) is 5.16. The molecule has 0 saturated heterocycles. The zero-order valence-electron chi connectivity index (χ0n) is 12.8. The Morgan fingerprint density at radius 3 is 2.27 bits per heavy atom. The molecule has 2 rings (SSSR count). The lowest BCUT2D eigenvalue weighted by molar-refractivity contribution is 0.601. The van der Waals surface area contributed by atoms with E-state index in [1.165, 1.54) is 0 Å². The Morgan fingerprint density at radius 1 is 1.09 bits per heavy atom. The maximum atomic E-state index is 12.5. The molecule has 0 aliphatic rings. The molecule has 0 radical (unpaired) electrons. The van der Waals surface area contributed by atoms with Gasteiger partial charge in [-0.15, -0.1) is 0 Å². The number of sulfonamides is 1. The molecule has 0 amide bonds. The van der Waals surface area contributed by atoms with E-state index in [-0.39, 0.29) is 4.90 Å². The first-order valence-electron chi connectivity index (χ1n) is 6.92. The molecule has 0 unspecified atom stereocenters. The molecule has 0 aliphatic heterocycles. The summed E-state index contributed by atoms with van der Waals surface area (Å²) in [5, 5.41) is 0.477. The van der Waals surface area contributed by atoms with E-state index in [4.69, 9.17) is 11.6 Å². The molecule has 0 aromatic heterocycles. The highest BCUT2D eigenvalue weighted by Crippen LogP contribution is 2.29. The summed E-state index contributed by atoms with van der Waals surface area (Å²) < 4.78 is 27.6. The summed E-state index contributed by atoms with van der Waals surface area (Å²) in [6.45, 7) is 2.02. The van der Waals surface area contributed by atoms with Crippen molar-refractivity contribution in [3.8, 4) is 0 Å². The minimum absolute atomic E-state index is 0.231. The van der Waals surface area contributed by atoms with Gasteiger partial charge in [-0.05, 0) is 42.3 Å². The third-order valence-electron chi connectivity index (χ3n) is 3.33. The highest BCUT2D eigenvalue weighted by Gasteiger charge is 2.17. The minimum Gasteiger partial charge on any atom is -0.376 e. The summed E-state index contributed by atoms with van der Waals surface area (Å²) in [7, 11) is 0.0423. The lowest BCUT2D eigenvalue weighted by Crippen LogP contribution is -2.17. The van der Waals surface area contributed by atoms with Crippen molar-refractivity contribution in [2.75, 3.05) is 23.7 Å². The molecule has 0 bridgehead atoms. The van der Waals surface area contributed by atoms with Crippen LogP contribution in [0.15, 0.2) is 47.4 Å². The van der Waals surface area contributed by atoms with Gasteiger partial charge in [0, 0.05) is 19.1 Å². The van der Waals surface area contributed by atoms with Crippen LogP contribution < -0.4 is 9.62 Å². The van der Waals surface area contributed by atoms with Gasteiger partial charge in [0.2, 0.25) is 0 Å². The Bertz CT molecular complexity index is 756. The maximum Gasteiger partial charge on any atom is 0.261 e. The van der Waals surface area contributed by atoms with Gasteiger partial charge in [-0.3, -0.25) is 4.72 Å². The molecule has 2 aromatic carbocycles. The number of hydrogen-bond donors (Lipinski definition) is 1. The molecular formula is C16H19ClN2O2S. The molecule has 6 heteroatoms. The van der Waals surface area contributed by atoms with Crippen LogP contribution in [0, 0.1) is 0 Å². The Morgan fingerprint density at radius 2 is 1.73 bits per heavy atom. The van der Waals surface area contributed by atoms with E-state index in [9.17, 15) is 8.42 Å². The van der Waals surface area contributed by atoms with Gasteiger partial charge in [-0.2, -0.15) is 0 Å². The van der Waals surface area contributed by atoms with E-state index in [2.05, 4.69) is 4.72 Å². The standard InChI is InChI=1S/C16H19ClN2O2S/c1-4-12-5-8-14(9-6-12)22(20,21)18-15-11-13(17)7-10-16(15)19(2)3/h5-11,18H,4H2,1-3H3. The van der Waals surface area contributed by atoms with E-state index in [1.807, 2.05) is 38.1 Å². The molecule has 2 aromatic rings. The molecule has 0 aliphatic carbocycles. The van der Waals surface area contributed by atoms with E-state index in [0.717, 1.165) is 17.7 Å². The minimum atomic E-state index is -3.65. The van der Waals surface area contributed by atoms with E-state index in [0.29, 0.717) is 10.7 Å². The molecule has 0 heterocycles. The van der Waals surface area contributed by atoms with Gasteiger partial charge in [0.1, 0.15) is 0 Å². The highest BCUT2D eigenvalue weighted by molar-refractivity contribution is 7.92. The Kier molecular flexibility index (Phi) is 4.98. The molecule has 4 nitrogen and oxygen atoms in total. The third kappa shape index (κ3) is 3.72. The van der Waals surface area contributed by atoms with Gasteiger partial charge in [-0.25, -0.2) is 8.42 Å². The van der Waals surface area contributed by atoms with Crippen LogP contribution in [0.5, 0.6) is 0 Å². The second-order valence-corrected chi connectivity index (χ2v) is 7.28. The van der Waals surface area contributed by atoms with Crippen molar-refractivity contribution in [3.05, 3.63) is 53.1 Å². The average Bonchev–Trinajstić information content (AvgIpc) is 2.46. The second kappa shape index (κ2) is 6.58. The van der Waals surface area contributed by atoms with Crippen LogP contribution in [0.3, 0.4) is 0 Å². The average molecular weight is 339 g/mol. The number of nitrogens with zero attached hydrogens (tertiary/aromatic N) is 1. The number of halogens is 1. The first kappa shape index (κ1) is 16.6. The summed E-state index contributed by atoms with van der Waals surface area (Å²) >= 11 is 5.98. The summed E-state index contributed by atoms with van der Waals surface area (Å²) in [6, 6.07) is 12.0. The summed E-state index contributed by atoms with van der Waals surface area (Å²) in [5.41, 5.74) is 2.30. The molecule has 0 saturated carbocycles. The molecule has 0 atom stereocenters. The number of nitrogens with one attached hydrogen (secondary N) is 1. The van der Waals surface area contributed by atoms with Crippen molar-refractivity contribution in [3.63, 3.8) is 0 Å². The smallest absolute Gasteiger partial charge is 0.261 e. The molecular weight excluding hydrogens is 320 g/mol. The van der Waals surface area contributed by atoms with Crippen molar-refractivity contribution < 1.29 is 8.42 Å². The molecule has 22 heavy (non-hydrogen) atoms. The van der Waals surface area contributed by atoms with Crippen molar-refractivity contribution in [1.82, 2.24) is 0 Å². The van der Waals surface area contributed by atoms with Gasteiger partial charge >= 0.3 is 0 Å². The molecule has 0 spiro atoms. The summed E-state index contributed by atoms with van der Waals surface area (Å²) in [5.74, 6) is 0. The van der Waals surface area contributed by atoms with Crippen LogP contribution in [0.2, 0.25) is 5.02 Å². The predicted octanol–water partition coefficient (Wildman–Crippen LogP) is 3.77. The number of hydrogen-bond acceptors (Lipinski definition) is 3. The first-order chi connectivity index (χ1) is 10.3. The lowest BCUT2D eigenvalue weighted by Gasteiger charge is -2.19. The SMILES string of the molecule is CCc1ccc(S(=O)(=O)Nc2cc(Cl)ccc2N(C)C)cc1. The van der Waals surface area contributed by atoms with E-state index >= 15 is 0 Å². The third-order valence-corrected chi connectivity index (χ3v) is 4.94. The predicted molar refractivity (Wildman–Crippen MR) is 92.4 cm³/mol. The Labute approximate surface area is 136 Å². The normalized spacial score (nSPS) is 11.3. The van der Waals surface area contributed by atoms with Crippen LogP contribution in [0.25, 0.3) is 0 Å². The van der Waals surface area contributed by atoms with E-state index < -0.39 is 10.0 Å².